The first kappa shape index (κ1) is 12.6. The summed E-state index contributed by atoms with van der Waals surface area (Å²) in [7, 11) is 1.67. The highest BCUT2D eigenvalue weighted by Crippen LogP contribution is 2.14. The van der Waals surface area contributed by atoms with Crippen molar-refractivity contribution in [3.63, 3.8) is 0 Å². The van der Waals surface area contributed by atoms with E-state index in [1.54, 1.807) is 7.11 Å². The molecule has 0 unspecified atom stereocenters. The maximum atomic E-state index is 5.18. The van der Waals surface area contributed by atoms with Crippen LogP contribution in [0.4, 0.5) is 5.69 Å². The molecule has 1 aromatic carbocycles. The average Bonchev–Trinajstić information content (AvgIpc) is 2.34. The number of nitrogens with one attached hydrogen (secondary N) is 1. The Morgan fingerprint density at radius 1 is 1.19 bits per heavy atom. The van der Waals surface area contributed by atoms with Crippen LogP contribution in [0.1, 0.15) is 6.92 Å². The Hall–Kier alpha value is -1.48. The molecule has 0 spiro atoms. The van der Waals surface area contributed by atoms with Gasteiger partial charge in [-0.15, -0.1) is 0 Å². The smallest absolute Gasteiger partial charge is 0.119 e. The van der Waals surface area contributed by atoms with E-state index in [9.17, 15) is 0 Å². The molecule has 16 heavy (non-hydrogen) atoms. The fourth-order valence-corrected chi connectivity index (χ4v) is 1.22. The van der Waals surface area contributed by atoms with E-state index in [1.807, 2.05) is 37.3 Å². The molecule has 0 heterocycles. The Morgan fingerprint density at radius 3 is 2.56 bits per heavy atom. The summed E-state index contributed by atoms with van der Waals surface area (Å²) < 4.78 is 10.3. The zero-order valence-electron chi connectivity index (χ0n) is 9.90. The fraction of sp³-hybridized carbons (Fsp3) is 0.385. The fourth-order valence-electron chi connectivity index (χ4n) is 1.22. The van der Waals surface area contributed by atoms with E-state index in [4.69, 9.17) is 9.47 Å². The number of ether oxygens (including phenoxy) is 2. The SMILES string of the molecule is CCOC/C=C/CNc1ccc(OC)cc1. The molecule has 0 aliphatic carbocycles. The minimum absolute atomic E-state index is 0.681. The Labute approximate surface area is 97.1 Å². The average molecular weight is 221 g/mol. The summed E-state index contributed by atoms with van der Waals surface area (Å²) in [5.41, 5.74) is 1.09. The van der Waals surface area contributed by atoms with Crippen LogP contribution in [0.3, 0.4) is 0 Å². The van der Waals surface area contributed by atoms with Crippen molar-refractivity contribution in [2.45, 2.75) is 6.92 Å². The number of hydrogen-bond donors (Lipinski definition) is 1. The van der Waals surface area contributed by atoms with E-state index in [-0.39, 0.29) is 0 Å². The first-order chi connectivity index (χ1) is 7.86. The Bertz CT molecular complexity index is 306. The summed E-state index contributed by atoms with van der Waals surface area (Å²) >= 11 is 0. The minimum Gasteiger partial charge on any atom is -0.497 e. The van der Waals surface area contributed by atoms with Gasteiger partial charge in [-0.1, -0.05) is 12.2 Å². The highest BCUT2D eigenvalue weighted by molar-refractivity contribution is 5.46. The van der Waals surface area contributed by atoms with Crippen LogP contribution >= 0.6 is 0 Å². The largest absolute Gasteiger partial charge is 0.497 e. The molecule has 0 aliphatic heterocycles. The van der Waals surface area contributed by atoms with Crippen molar-refractivity contribution >= 4 is 5.69 Å². The number of methoxy groups -OCH3 is 1. The highest BCUT2D eigenvalue weighted by atomic mass is 16.5. The first-order valence-electron chi connectivity index (χ1n) is 5.47. The van der Waals surface area contributed by atoms with Gasteiger partial charge in [0.15, 0.2) is 0 Å². The summed E-state index contributed by atoms with van der Waals surface area (Å²) in [5.74, 6) is 0.873. The van der Waals surface area contributed by atoms with Crippen LogP contribution in [-0.4, -0.2) is 26.9 Å². The second-order valence-electron chi connectivity index (χ2n) is 3.24. The molecule has 0 saturated carbocycles. The lowest BCUT2D eigenvalue weighted by atomic mass is 10.3. The van der Waals surface area contributed by atoms with Crippen molar-refractivity contribution in [1.82, 2.24) is 0 Å². The zero-order valence-corrected chi connectivity index (χ0v) is 9.90. The van der Waals surface area contributed by atoms with Crippen molar-refractivity contribution in [2.75, 3.05) is 32.2 Å². The lowest BCUT2D eigenvalue weighted by Gasteiger charge is -2.04. The van der Waals surface area contributed by atoms with Crippen LogP contribution in [-0.2, 0) is 4.74 Å². The number of rotatable bonds is 7. The minimum atomic E-state index is 0.681. The topological polar surface area (TPSA) is 30.5 Å². The van der Waals surface area contributed by atoms with Gasteiger partial charge in [0, 0.05) is 18.8 Å². The first-order valence-corrected chi connectivity index (χ1v) is 5.47. The van der Waals surface area contributed by atoms with Gasteiger partial charge in [-0.25, -0.2) is 0 Å². The molecule has 0 fully saturated rings. The van der Waals surface area contributed by atoms with E-state index >= 15 is 0 Å². The van der Waals surface area contributed by atoms with E-state index in [0.29, 0.717) is 6.61 Å². The highest BCUT2D eigenvalue weighted by Gasteiger charge is 1.91. The second kappa shape index (κ2) is 7.77. The van der Waals surface area contributed by atoms with Crippen LogP contribution < -0.4 is 10.1 Å². The summed E-state index contributed by atoms with van der Waals surface area (Å²) in [6.07, 6.45) is 4.07. The Balaban J connectivity index is 2.23. The van der Waals surface area contributed by atoms with Crippen LogP contribution in [0.25, 0.3) is 0 Å². The van der Waals surface area contributed by atoms with Crippen molar-refractivity contribution in [2.24, 2.45) is 0 Å². The van der Waals surface area contributed by atoms with Crippen molar-refractivity contribution in [1.29, 1.82) is 0 Å². The number of anilines is 1. The molecule has 0 bridgehead atoms. The second-order valence-corrected chi connectivity index (χ2v) is 3.24. The van der Waals surface area contributed by atoms with E-state index in [0.717, 1.165) is 24.6 Å². The van der Waals surface area contributed by atoms with Gasteiger partial charge in [0.05, 0.1) is 13.7 Å². The van der Waals surface area contributed by atoms with E-state index in [2.05, 4.69) is 11.4 Å². The Kier molecular flexibility index (Phi) is 6.11. The van der Waals surface area contributed by atoms with Gasteiger partial charge in [-0.05, 0) is 31.2 Å². The molecule has 1 N–H and O–H groups in total. The molecule has 3 heteroatoms. The van der Waals surface area contributed by atoms with Gasteiger partial charge in [-0.2, -0.15) is 0 Å². The van der Waals surface area contributed by atoms with Crippen LogP contribution in [0.15, 0.2) is 36.4 Å². The van der Waals surface area contributed by atoms with Gasteiger partial charge in [0.2, 0.25) is 0 Å². The van der Waals surface area contributed by atoms with Crippen LogP contribution in [0.5, 0.6) is 5.75 Å². The molecule has 0 saturated heterocycles. The van der Waals surface area contributed by atoms with Crippen LogP contribution in [0, 0.1) is 0 Å². The van der Waals surface area contributed by atoms with Gasteiger partial charge in [0.1, 0.15) is 5.75 Å². The van der Waals surface area contributed by atoms with Crippen molar-refractivity contribution in [3.8, 4) is 5.75 Å². The molecule has 3 nitrogen and oxygen atoms in total. The molecule has 0 amide bonds. The molecule has 0 atom stereocenters. The van der Waals surface area contributed by atoms with Gasteiger partial charge < -0.3 is 14.8 Å². The van der Waals surface area contributed by atoms with Gasteiger partial charge in [-0.3, -0.25) is 0 Å². The van der Waals surface area contributed by atoms with E-state index in [1.165, 1.54) is 0 Å². The van der Waals surface area contributed by atoms with Crippen LogP contribution in [0.2, 0.25) is 0 Å². The quantitative estimate of drug-likeness (QED) is 0.567. The molecule has 88 valence electrons. The number of benzene rings is 1. The lowest BCUT2D eigenvalue weighted by molar-refractivity contribution is 0.177. The summed E-state index contributed by atoms with van der Waals surface area (Å²) in [6.45, 7) is 4.24. The van der Waals surface area contributed by atoms with Gasteiger partial charge in [0.25, 0.3) is 0 Å². The predicted molar refractivity (Wildman–Crippen MR) is 67.1 cm³/mol. The molecule has 0 aliphatic rings. The normalized spacial score (nSPS) is 10.6. The molecule has 1 aromatic rings. The predicted octanol–water partition coefficient (Wildman–Crippen LogP) is 2.70. The molecule has 0 radical (unpaired) electrons. The molecule has 0 aromatic heterocycles. The van der Waals surface area contributed by atoms with Crippen molar-refractivity contribution < 1.29 is 9.47 Å². The van der Waals surface area contributed by atoms with E-state index < -0.39 is 0 Å². The maximum absolute atomic E-state index is 5.18. The van der Waals surface area contributed by atoms with Crippen molar-refractivity contribution in [3.05, 3.63) is 36.4 Å². The maximum Gasteiger partial charge on any atom is 0.119 e. The molecular formula is C13H19NO2. The summed E-state index contributed by atoms with van der Waals surface area (Å²) in [5, 5.41) is 3.27. The molecule has 1 rings (SSSR count). The monoisotopic (exact) mass is 221 g/mol. The number of hydrogen-bond acceptors (Lipinski definition) is 3. The Morgan fingerprint density at radius 2 is 1.94 bits per heavy atom. The summed E-state index contributed by atoms with van der Waals surface area (Å²) in [6, 6.07) is 7.86. The van der Waals surface area contributed by atoms with Gasteiger partial charge >= 0.3 is 0 Å². The third-order valence-electron chi connectivity index (χ3n) is 2.10. The standard InChI is InChI=1S/C13H19NO2/c1-3-16-11-5-4-10-14-12-6-8-13(15-2)9-7-12/h4-9,14H,3,10-11H2,1-2H3/b5-4+. The third-order valence-corrected chi connectivity index (χ3v) is 2.10. The molecular weight excluding hydrogens is 202 g/mol. The lowest BCUT2D eigenvalue weighted by Crippen LogP contribution is -1.98. The third kappa shape index (κ3) is 4.84. The summed E-state index contributed by atoms with van der Waals surface area (Å²) in [4.78, 5) is 0. The zero-order chi connectivity index (χ0) is 11.6.